The molecule has 3 aromatic rings. The number of hydrogen-bond acceptors (Lipinski definition) is 3. The van der Waals surface area contributed by atoms with Gasteiger partial charge in [0.15, 0.2) is 0 Å². The van der Waals surface area contributed by atoms with Gasteiger partial charge in [-0.05, 0) is 39.9 Å². The maximum atomic E-state index is 13.2. The molecule has 3 aromatic carbocycles. The van der Waals surface area contributed by atoms with E-state index in [4.69, 9.17) is 9.84 Å². The van der Waals surface area contributed by atoms with Crippen LogP contribution in [0.15, 0.2) is 72.8 Å². The highest BCUT2D eigenvalue weighted by Gasteiger charge is 2.29. The average molecular weight is 419 g/mol. The predicted molar refractivity (Wildman–Crippen MR) is 114 cm³/mol. The first-order valence-corrected chi connectivity index (χ1v) is 10.1. The van der Waals surface area contributed by atoms with Crippen molar-refractivity contribution < 1.29 is 23.8 Å². The van der Waals surface area contributed by atoms with E-state index in [-0.39, 0.29) is 37.9 Å². The fourth-order valence-corrected chi connectivity index (χ4v) is 3.96. The lowest BCUT2D eigenvalue weighted by molar-refractivity contribution is -0.137. The van der Waals surface area contributed by atoms with E-state index in [9.17, 15) is 14.0 Å². The number of rotatable bonds is 7. The Morgan fingerprint density at radius 3 is 2.06 bits per heavy atom. The molecule has 0 heterocycles. The standard InChI is InChI=1S/C25H22FNO4/c26-18-11-9-17(10-12-18)15-27(14-13-24(28)29)25(30)31-16-23-21-7-3-1-5-19(21)20-6-2-4-8-22(20)23/h1-12,23H,13-16H2,(H,28,29). The van der Waals surface area contributed by atoms with Crippen LogP contribution >= 0.6 is 0 Å². The zero-order valence-corrected chi connectivity index (χ0v) is 16.8. The fourth-order valence-electron chi connectivity index (χ4n) is 3.96. The summed E-state index contributed by atoms with van der Waals surface area (Å²) in [5, 5.41) is 9.04. The molecule has 0 fully saturated rings. The number of fused-ring (bicyclic) bond motifs is 3. The molecule has 0 atom stereocenters. The molecule has 1 amide bonds. The van der Waals surface area contributed by atoms with E-state index < -0.39 is 12.1 Å². The molecule has 0 saturated heterocycles. The summed E-state index contributed by atoms with van der Waals surface area (Å²) in [5.74, 6) is -1.46. The molecule has 0 spiro atoms. The monoisotopic (exact) mass is 419 g/mol. The summed E-state index contributed by atoms with van der Waals surface area (Å²) in [7, 11) is 0. The largest absolute Gasteiger partial charge is 0.481 e. The van der Waals surface area contributed by atoms with E-state index in [1.165, 1.54) is 17.0 Å². The van der Waals surface area contributed by atoms with Gasteiger partial charge in [-0.2, -0.15) is 0 Å². The van der Waals surface area contributed by atoms with Gasteiger partial charge in [-0.15, -0.1) is 0 Å². The highest BCUT2D eigenvalue weighted by atomic mass is 19.1. The third kappa shape index (κ3) is 4.58. The van der Waals surface area contributed by atoms with Gasteiger partial charge in [0.1, 0.15) is 12.4 Å². The molecular weight excluding hydrogens is 397 g/mol. The van der Waals surface area contributed by atoms with Crippen LogP contribution in [0.5, 0.6) is 0 Å². The minimum Gasteiger partial charge on any atom is -0.481 e. The lowest BCUT2D eigenvalue weighted by Gasteiger charge is -2.23. The lowest BCUT2D eigenvalue weighted by atomic mass is 9.98. The number of nitrogens with zero attached hydrogens (tertiary/aromatic N) is 1. The van der Waals surface area contributed by atoms with E-state index in [1.54, 1.807) is 12.1 Å². The molecule has 1 aliphatic carbocycles. The molecule has 0 unspecified atom stereocenters. The van der Waals surface area contributed by atoms with Crippen molar-refractivity contribution in [1.82, 2.24) is 4.90 Å². The van der Waals surface area contributed by atoms with E-state index in [1.807, 2.05) is 36.4 Å². The molecule has 0 aromatic heterocycles. The van der Waals surface area contributed by atoms with Crippen molar-refractivity contribution in [3.05, 3.63) is 95.3 Å². The highest BCUT2D eigenvalue weighted by molar-refractivity contribution is 5.79. The van der Waals surface area contributed by atoms with Crippen molar-refractivity contribution in [1.29, 1.82) is 0 Å². The Labute approximate surface area is 179 Å². The van der Waals surface area contributed by atoms with Crippen LogP contribution in [-0.2, 0) is 16.1 Å². The topological polar surface area (TPSA) is 66.8 Å². The lowest BCUT2D eigenvalue weighted by Crippen LogP contribution is -2.34. The maximum absolute atomic E-state index is 13.2. The Morgan fingerprint density at radius 1 is 0.903 bits per heavy atom. The van der Waals surface area contributed by atoms with Gasteiger partial charge in [0.05, 0.1) is 6.42 Å². The molecule has 6 heteroatoms. The van der Waals surface area contributed by atoms with Crippen LogP contribution in [-0.4, -0.2) is 35.2 Å². The molecule has 1 aliphatic rings. The summed E-state index contributed by atoms with van der Waals surface area (Å²) in [6, 6.07) is 21.8. The highest BCUT2D eigenvalue weighted by Crippen LogP contribution is 2.44. The SMILES string of the molecule is O=C(O)CCN(Cc1ccc(F)cc1)C(=O)OCC1c2ccccc2-c2ccccc21. The van der Waals surface area contributed by atoms with Crippen LogP contribution in [0.25, 0.3) is 11.1 Å². The minimum atomic E-state index is -1.00. The van der Waals surface area contributed by atoms with Crippen LogP contribution in [0.2, 0.25) is 0 Å². The molecule has 5 nitrogen and oxygen atoms in total. The Kier molecular flexibility index (Phi) is 5.98. The fraction of sp³-hybridized carbons (Fsp3) is 0.200. The molecule has 4 rings (SSSR count). The summed E-state index contributed by atoms with van der Waals surface area (Å²) >= 11 is 0. The summed E-state index contributed by atoms with van der Waals surface area (Å²) in [5.41, 5.74) is 5.17. The molecule has 1 N–H and O–H groups in total. The van der Waals surface area contributed by atoms with Gasteiger partial charge in [-0.25, -0.2) is 9.18 Å². The van der Waals surface area contributed by atoms with Gasteiger partial charge >= 0.3 is 12.1 Å². The second-order valence-electron chi connectivity index (χ2n) is 7.50. The van der Waals surface area contributed by atoms with Gasteiger partial charge in [-0.3, -0.25) is 4.79 Å². The summed E-state index contributed by atoms with van der Waals surface area (Å²) < 4.78 is 18.8. The van der Waals surface area contributed by atoms with Gasteiger partial charge < -0.3 is 14.7 Å². The molecule has 0 aliphatic heterocycles. The number of aliphatic carboxylic acids is 1. The zero-order chi connectivity index (χ0) is 21.8. The summed E-state index contributed by atoms with van der Waals surface area (Å²) in [4.78, 5) is 25.2. The van der Waals surface area contributed by atoms with Crippen molar-refractivity contribution in [2.24, 2.45) is 0 Å². The molecule has 0 radical (unpaired) electrons. The number of benzene rings is 3. The van der Waals surface area contributed by atoms with E-state index >= 15 is 0 Å². The zero-order valence-electron chi connectivity index (χ0n) is 16.8. The number of carboxylic acid groups (broad SMARTS) is 1. The Balaban J connectivity index is 1.49. The number of hydrogen-bond donors (Lipinski definition) is 1. The van der Waals surface area contributed by atoms with E-state index in [0.29, 0.717) is 5.56 Å². The number of amides is 1. The van der Waals surface area contributed by atoms with Crippen LogP contribution in [0.4, 0.5) is 9.18 Å². The molecular formula is C25H22FNO4. The second-order valence-corrected chi connectivity index (χ2v) is 7.50. The van der Waals surface area contributed by atoms with E-state index in [2.05, 4.69) is 12.1 Å². The van der Waals surface area contributed by atoms with Crippen molar-refractivity contribution in [3.8, 4) is 11.1 Å². The quantitative estimate of drug-likeness (QED) is 0.582. The van der Waals surface area contributed by atoms with Crippen molar-refractivity contribution in [3.63, 3.8) is 0 Å². The Morgan fingerprint density at radius 2 is 1.48 bits per heavy atom. The maximum Gasteiger partial charge on any atom is 0.410 e. The summed E-state index contributed by atoms with van der Waals surface area (Å²) in [6.07, 6.45) is -0.793. The summed E-state index contributed by atoms with van der Waals surface area (Å²) in [6.45, 7) is 0.299. The Hall–Kier alpha value is -3.67. The third-order valence-electron chi connectivity index (χ3n) is 5.48. The third-order valence-corrected chi connectivity index (χ3v) is 5.48. The van der Waals surface area contributed by atoms with Gasteiger partial charge in [0.25, 0.3) is 0 Å². The first-order valence-electron chi connectivity index (χ1n) is 10.1. The first-order chi connectivity index (χ1) is 15.0. The van der Waals surface area contributed by atoms with E-state index in [0.717, 1.165) is 22.3 Å². The van der Waals surface area contributed by atoms with Crippen molar-refractivity contribution >= 4 is 12.1 Å². The molecule has 0 saturated carbocycles. The normalized spacial score (nSPS) is 12.2. The second kappa shape index (κ2) is 9.00. The number of carbonyl (C=O) groups is 2. The predicted octanol–water partition coefficient (Wildman–Crippen LogP) is 5.05. The number of ether oxygens (including phenoxy) is 1. The number of carboxylic acids is 1. The van der Waals surface area contributed by atoms with Gasteiger partial charge in [0.2, 0.25) is 0 Å². The molecule has 158 valence electrons. The molecule has 0 bridgehead atoms. The van der Waals surface area contributed by atoms with Crippen LogP contribution in [0, 0.1) is 5.82 Å². The number of halogens is 1. The number of carbonyl (C=O) groups excluding carboxylic acids is 1. The first kappa shape index (κ1) is 20.6. The Bertz CT molecular complexity index is 1050. The molecule has 31 heavy (non-hydrogen) atoms. The van der Waals surface area contributed by atoms with Crippen molar-refractivity contribution in [2.75, 3.05) is 13.2 Å². The smallest absolute Gasteiger partial charge is 0.410 e. The van der Waals surface area contributed by atoms with Gasteiger partial charge in [0, 0.05) is 19.0 Å². The van der Waals surface area contributed by atoms with Crippen molar-refractivity contribution in [2.45, 2.75) is 18.9 Å². The van der Waals surface area contributed by atoms with Gasteiger partial charge in [-0.1, -0.05) is 60.7 Å². The average Bonchev–Trinajstić information content (AvgIpc) is 3.10. The van der Waals surface area contributed by atoms with Crippen LogP contribution in [0.3, 0.4) is 0 Å². The van der Waals surface area contributed by atoms with Crippen LogP contribution < -0.4 is 0 Å². The van der Waals surface area contributed by atoms with Crippen LogP contribution in [0.1, 0.15) is 29.0 Å². The minimum absolute atomic E-state index is 0.00336.